The lowest BCUT2D eigenvalue weighted by molar-refractivity contribution is -0.141. The molecule has 18 heavy (non-hydrogen) atoms. The zero-order valence-electron chi connectivity index (χ0n) is 10.0. The van der Waals surface area contributed by atoms with Crippen molar-refractivity contribution in [3.8, 4) is 0 Å². The topological polar surface area (TPSA) is 30.2 Å². The van der Waals surface area contributed by atoms with Gasteiger partial charge in [0, 0.05) is 40.3 Å². The molecule has 0 unspecified atom stereocenters. The molecule has 0 radical (unpaired) electrons. The average Bonchev–Trinajstić information content (AvgIpc) is 2.59. The van der Waals surface area contributed by atoms with Gasteiger partial charge < -0.3 is 0 Å². The summed E-state index contributed by atoms with van der Waals surface area (Å²) in [7, 11) is 0. The van der Waals surface area contributed by atoms with Crippen LogP contribution in [0.25, 0.3) is 5.65 Å². The van der Waals surface area contributed by atoms with Crippen molar-refractivity contribution < 1.29 is 13.2 Å². The van der Waals surface area contributed by atoms with Crippen LogP contribution in [-0.2, 0) is 11.6 Å². The first kappa shape index (κ1) is 13.6. The van der Waals surface area contributed by atoms with Gasteiger partial charge in [0.25, 0.3) is 0 Å². The smallest absolute Gasteiger partial charge is 0.279 e. The molecular formula is C11H11F3IN3. The normalized spacial score (nSPS) is 13.3. The molecule has 98 valence electrons. The van der Waals surface area contributed by atoms with E-state index in [1.54, 1.807) is 33.2 Å². The Morgan fingerprint density at radius 1 is 1.11 bits per heavy atom. The number of hydrogen-bond acceptors (Lipinski definition) is 2. The third kappa shape index (κ3) is 2.45. The number of imidazole rings is 1. The quantitative estimate of drug-likeness (QED) is 0.524. The van der Waals surface area contributed by atoms with E-state index in [0.29, 0.717) is 0 Å². The van der Waals surface area contributed by atoms with Crippen LogP contribution in [0, 0.1) is 3.83 Å². The molecule has 0 aliphatic heterocycles. The predicted octanol–water partition coefficient (Wildman–Crippen LogP) is 3.65. The van der Waals surface area contributed by atoms with Gasteiger partial charge in [0.1, 0.15) is 5.65 Å². The first-order valence-corrected chi connectivity index (χ1v) is 6.30. The van der Waals surface area contributed by atoms with E-state index in [1.165, 1.54) is 0 Å². The highest BCUT2D eigenvalue weighted by Crippen LogP contribution is 2.30. The van der Waals surface area contributed by atoms with Crippen LogP contribution >= 0.6 is 22.6 Å². The Kier molecular flexibility index (Phi) is 3.07. The van der Waals surface area contributed by atoms with Crippen LogP contribution < -0.4 is 0 Å². The van der Waals surface area contributed by atoms with Crippen molar-refractivity contribution in [2.24, 2.45) is 0 Å². The molecule has 0 amide bonds. The van der Waals surface area contributed by atoms with E-state index in [9.17, 15) is 13.2 Å². The van der Waals surface area contributed by atoms with Crippen molar-refractivity contribution in [3.05, 3.63) is 27.5 Å². The summed E-state index contributed by atoms with van der Waals surface area (Å²) in [4.78, 5) is 7.79. The average molecular weight is 369 g/mol. The van der Waals surface area contributed by atoms with E-state index in [1.807, 2.05) is 20.8 Å². The van der Waals surface area contributed by atoms with Crippen LogP contribution in [0.5, 0.6) is 0 Å². The van der Waals surface area contributed by atoms with Crippen LogP contribution in [0.15, 0.2) is 12.3 Å². The van der Waals surface area contributed by atoms with Gasteiger partial charge in [0.15, 0.2) is 9.53 Å². The Hall–Kier alpha value is -0.860. The summed E-state index contributed by atoms with van der Waals surface area (Å²) >= 11 is 1.78. The van der Waals surface area contributed by atoms with Crippen molar-refractivity contribution in [1.82, 2.24) is 14.4 Å². The predicted molar refractivity (Wildman–Crippen MR) is 69.4 cm³/mol. The number of rotatable bonds is 0. The molecule has 2 heterocycles. The molecule has 0 aliphatic carbocycles. The van der Waals surface area contributed by atoms with Gasteiger partial charge in [-0.2, -0.15) is 13.2 Å². The summed E-state index contributed by atoms with van der Waals surface area (Å²) in [6.07, 6.45) is -2.72. The van der Waals surface area contributed by atoms with E-state index in [0.717, 1.165) is 11.8 Å². The summed E-state index contributed by atoms with van der Waals surface area (Å²) in [6, 6.07) is 0.970. The fraction of sp³-hybridized carbons (Fsp3) is 0.455. The molecule has 2 aromatic heterocycles. The number of alkyl halides is 3. The van der Waals surface area contributed by atoms with Gasteiger partial charge in [0.2, 0.25) is 0 Å². The maximum Gasteiger partial charge on any atom is 0.433 e. The summed E-state index contributed by atoms with van der Waals surface area (Å²) < 4.78 is 39.7. The van der Waals surface area contributed by atoms with Gasteiger partial charge in [-0.05, 0) is 0 Å². The highest BCUT2D eigenvalue weighted by Gasteiger charge is 2.34. The monoisotopic (exact) mass is 369 g/mol. The molecule has 3 nitrogen and oxygen atoms in total. The number of aromatic nitrogens is 3. The van der Waals surface area contributed by atoms with Crippen molar-refractivity contribution in [3.63, 3.8) is 0 Å². The van der Waals surface area contributed by atoms with Crippen molar-refractivity contribution >= 4 is 28.2 Å². The second kappa shape index (κ2) is 4.07. The highest BCUT2D eigenvalue weighted by molar-refractivity contribution is 14.1. The minimum atomic E-state index is -4.45. The molecule has 0 saturated carbocycles. The van der Waals surface area contributed by atoms with E-state index < -0.39 is 11.9 Å². The Bertz CT molecular complexity index is 596. The van der Waals surface area contributed by atoms with Gasteiger partial charge in [-0.3, -0.25) is 4.40 Å². The second-order valence-corrected chi connectivity index (χ2v) is 5.98. The maximum absolute atomic E-state index is 12.6. The van der Waals surface area contributed by atoms with E-state index >= 15 is 0 Å². The zero-order chi connectivity index (χ0) is 13.7. The van der Waals surface area contributed by atoms with E-state index in [4.69, 9.17) is 0 Å². The zero-order valence-corrected chi connectivity index (χ0v) is 12.2. The third-order valence-corrected chi connectivity index (χ3v) is 3.23. The third-order valence-electron chi connectivity index (χ3n) is 2.47. The van der Waals surface area contributed by atoms with Crippen LogP contribution in [0.3, 0.4) is 0 Å². The first-order valence-electron chi connectivity index (χ1n) is 5.22. The van der Waals surface area contributed by atoms with Gasteiger partial charge in [0.05, 0.1) is 5.69 Å². The Labute approximate surface area is 116 Å². The summed E-state index contributed by atoms with van der Waals surface area (Å²) in [5, 5.41) is 0. The van der Waals surface area contributed by atoms with E-state index in [2.05, 4.69) is 9.97 Å². The molecule has 0 aliphatic rings. The molecule has 0 N–H and O–H groups in total. The lowest BCUT2D eigenvalue weighted by Crippen LogP contribution is -2.11. The SMILES string of the molecule is CC(C)(C)c1cn2c(I)nc(C(F)(F)F)cc2n1. The molecule has 0 atom stereocenters. The molecule has 2 aromatic rings. The molecular weight excluding hydrogens is 358 g/mol. The fourth-order valence-corrected chi connectivity index (χ4v) is 2.10. The molecule has 0 bridgehead atoms. The molecule has 2 rings (SSSR count). The van der Waals surface area contributed by atoms with Crippen molar-refractivity contribution in [2.75, 3.05) is 0 Å². The van der Waals surface area contributed by atoms with Crippen LogP contribution in [0.2, 0.25) is 0 Å². The maximum atomic E-state index is 12.6. The van der Waals surface area contributed by atoms with Gasteiger partial charge in [-0.1, -0.05) is 20.8 Å². The Balaban J connectivity index is 2.67. The number of fused-ring (bicyclic) bond motifs is 1. The van der Waals surface area contributed by atoms with Gasteiger partial charge in [-0.15, -0.1) is 0 Å². The lowest BCUT2D eigenvalue weighted by Gasteiger charge is -2.13. The summed E-state index contributed by atoms with van der Waals surface area (Å²) in [5.41, 5.74) is -0.119. The number of halogens is 4. The number of hydrogen-bond donors (Lipinski definition) is 0. The summed E-state index contributed by atoms with van der Waals surface area (Å²) in [5.74, 6) is 0. The standard InChI is InChI=1S/C11H11F3IN3/c1-10(2,3)7-5-18-8(16-7)4-6(11(12,13)14)17-9(18)15/h4-5H,1-3H3. The van der Waals surface area contributed by atoms with Gasteiger partial charge >= 0.3 is 6.18 Å². The molecule has 0 aromatic carbocycles. The largest absolute Gasteiger partial charge is 0.433 e. The number of nitrogens with zero attached hydrogens (tertiary/aromatic N) is 3. The Morgan fingerprint density at radius 3 is 2.22 bits per heavy atom. The van der Waals surface area contributed by atoms with E-state index in [-0.39, 0.29) is 14.9 Å². The second-order valence-electron chi connectivity index (χ2n) is 5.01. The minimum absolute atomic E-state index is 0.215. The Morgan fingerprint density at radius 2 is 1.72 bits per heavy atom. The lowest BCUT2D eigenvalue weighted by atomic mass is 9.93. The highest BCUT2D eigenvalue weighted by atomic mass is 127. The minimum Gasteiger partial charge on any atom is -0.279 e. The van der Waals surface area contributed by atoms with Crippen LogP contribution in [-0.4, -0.2) is 14.4 Å². The van der Waals surface area contributed by atoms with Gasteiger partial charge in [-0.25, -0.2) is 9.97 Å². The fourth-order valence-electron chi connectivity index (χ4n) is 1.46. The molecule has 0 fully saturated rings. The van der Waals surface area contributed by atoms with Crippen LogP contribution in [0.4, 0.5) is 13.2 Å². The molecule has 0 spiro atoms. The van der Waals surface area contributed by atoms with Crippen molar-refractivity contribution in [2.45, 2.75) is 32.4 Å². The van der Waals surface area contributed by atoms with Crippen LogP contribution in [0.1, 0.15) is 32.2 Å². The first-order chi connectivity index (χ1) is 8.09. The molecule has 0 saturated heterocycles. The van der Waals surface area contributed by atoms with Crippen molar-refractivity contribution in [1.29, 1.82) is 0 Å². The summed E-state index contributed by atoms with van der Waals surface area (Å²) in [6.45, 7) is 5.87. The molecule has 7 heteroatoms.